The van der Waals surface area contributed by atoms with Gasteiger partial charge in [0, 0.05) is 11.8 Å². The van der Waals surface area contributed by atoms with Gasteiger partial charge in [-0.2, -0.15) is 18.4 Å². The molecular weight excluding hydrogens is 288 g/mol. The van der Waals surface area contributed by atoms with Crippen molar-refractivity contribution in [3.8, 4) is 17.6 Å². The molecule has 108 valence electrons. The topological polar surface area (TPSA) is 59.0 Å². The Kier molecular flexibility index (Phi) is 3.72. The molecule has 0 bridgehead atoms. The van der Waals surface area contributed by atoms with Gasteiger partial charge in [-0.1, -0.05) is 0 Å². The molecule has 0 aliphatic carbocycles. The van der Waals surface area contributed by atoms with Crippen LogP contribution in [0.3, 0.4) is 0 Å². The van der Waals surface area contributed by atoms with E-state index in [0.29, 0.717) is 6.07 Å². The molecule has 0 radical (unpaired) electrons. The minimum Gasteiger partial charge on any atom is -0.453 e. The summed E-state index contributed by atoms with van der Waals surface area (Å²) in [5, 5.41) is 8.89. The van der Waals surface area contributed by atoms with E-state index in [2.05, 4.69) is 0 Å². The zero-order valence-corrected chi connectivity index (χ0v) is 10.4. The van der Waals surface area contributed by atoms with Gasteiger partial charge in [0.15, 0.2) is 11.6 Å². The van der Waals surface area contributed by atoms with Crippen LogP contribution in [0.5, 0.6) is 11.5 Å². The Morgan fingerprint density at radius 2 is 1.71 bits per heavy atom. The first-order chi connectivity index (χ1) is 9.81. The molecule has 2 N–H and O–H groups in total. The average Bonchev–Trinajstić information content (AvgIpc) is 2.41. The molecule has 2 aromatic rings. The van der Waals surface area contributed by atoms with Crippen molar-refractivity contribution < 1.29 is 22.3 Å². The van der Waals surface area contributed by atoms with E-state index in [1.54, 1.807) is 6.07 Å². The Hall–Kier alpha value is -2.75. The summed E-state index contributed by atoms with van der Waals surface area (Å²) in [6.45, 7) is 0. The lowest BCUT2D eigenvalue weighted by Gasteiger charge is -2.11. The predicted molar refractivity (Wildman–Crippen MR) is 67.0 cm³/mol. The molecule has 0 aliphatic heterocycles. The maximum Gasteiger partial charge on any atom is 0.416 e. The van der Waals surface area contributed by atoms with Crippen LogP contribution in [0.1, 0.15) is 11.1 Å². The summed E-state index contributed by atoms with van der Waals surface area (Å²) < 4.78 is 56.3. The standard InChI is InChI=1S/C14H8F4N2O/c15-11-6-10(20)2-4-13(11)21-12-3-1-9(14(16,17)18)5-8(12)7-19/h1-6H,20H2. The summed E-state index contributed by atoms with van der Waals surface area (Å²) in [5.41, 5.74) is 4.22. The highest BCUT2D eigenvalue weighted by atomic mass is 19.4. The fourth-order valence-electron chi connectivity index (χ4n) is 1.60. The molecule has 7 heteroatoms. The van der Waals surface area contributed by atoms with Crippen LogP contribution < -0.4 is 10.5 Å². The van der Waals surface area contributed by atoms with Crippen LogP contribution in [0.25, 0.3) is 0 Å². The number of nitrogens with two attached hydrogens (primary N) is 1. The van der Waals surface area contributed by atoms with E-state index in [1.807, 2.05) is 0 Å². The molecule has 0 aliphatic rings. The van der Waals surface area contributed by atoms with Crippen molar-refractivity contribution in [3.05, 3.63) is 53.3 Å². The number of alkyl halides is 3. The van der Waals surface area contributed by atoms with E-state index in [9.17, 15) is 17.6 Å². The zero-order valence-electron chi connectivity index (χ0n) is 10.4. The van der Waals surface area contributed by atoms with E-state index in [4.69, 9.17) is 15.7 Å². The van der Waals surface area contributed by atoms with Gasteiger partial charge in [-0.15, -0.1) is 0 Å². The van der Waals surface area contributed by atoms with Crippen LogP contribution in [0.15, 0.2) is 36.4 Å². The van der Waals surface area contributed by atoms with Gasteiger partial charge in [0.05, 0.1) is 11.1 Å². The highest BCUT2D eigenvalue weighted by Gasteiger charge is 2.31. The van der Waals surface area contributed by atoms with E-state index < -0.39 is 17.6 Å². The van der Waals surface area contributed by atoms with Crippen molar-refractivity contribution in [3.63, 3.8) is 0 Å². The highest BCUT2D eigenvalue weighted by molar-refractivity contribution is 5.49. The first kappa shape index (κ1) is 14.7. The lowest BCUT2D eigenvalue weighted by atomic mass is 10.1. The largest absolute Gasteiger partial charge is 0.453 e. The maximum absolute atomic E-state index is 13.6. The average molecular weight is 296 g/mol. The van der Waals surface area contributed by atoms with Crippen LogP contribution in [-0.4, -0.2) is 0 Å². The summed E-state index contributed by atoms with van der Waals surface area (Å²) in [4.78, 5) is 0. The Bertz CT molecular complexity index is 720. The molecule has 3 nitrogen and oxygen atoms in total. The monoisotopic (exact) mass is 296 g/mol. The number of rotatable bonds is 2. The van der Waals surface area contributed by atoms with E-state index in [1.165, 1.54) is 12.1 Å². The van der Waals surface area contributed by atoms with Crippen molar-refractivity contribution >= 4 is 5.69 Å². The number of hydrogen-bond donors (Lipinski definition) is 1. The number of nitrogen functional groups attached to an aromatic ring is 1. The third-order valence-corrected chi connectivity index (χ3v) is 2.60. The third kappa shape index (κ3) is 3.23. The van der Waals surface area contributed by atoms with Crippen molar-refractivity contribution in [1.82, 2.24) is 0 Å². The minimum atomic E-state index is -4.57. The van der Waals surface area contributed by atoms with Gasteiger partial charge in [-0.25, -0.2) is 4.39 Å². The van der Waals surface area contributed by atoms with Crippen LogP contribution >= 0.6 is 0 Å². The number of anilines is 1. The van der Waals surface area contributed by atoms with Gasteiger partial charge in [0.2, 0.25) is 0 Å². The molecule has 0 saturated heterocycles. The summed E-state index contributed by atoms with van der Waals surface area (Å²) in [6, 6.07) is 7.56. The zero-order chi connectivity index (χ0) is 15.6. The van der Waals surface area contributed by atoms with Crippen LogP contribution in [-0.2, 0) is 6.18 Å². The second kappa shape index (κ2) is 5.32. The molecule has 21 heavy (non-hydrogen) atoms. The van der Waals surface area contributed by atoms with Crippen molar-refractivity contribution in [2.24, 2.45) is 0 Å². The molecule has 0 spiro atoms. The number of nitriles is 1. The first-order valence-corrected chi connectivity index (χ1v) is 5.65. The van der Waals surface area contributed by atoms with Crippen LogP contribution in [0.4, 0.5) is 23.2 Å². The fourth-order valence-corrected chi connectivity index (χ4v) is 1.60. The third-order valence-electron chi connectivity index (χ3n) is 2.60. The fraction of sp³-hybridized carbons (Fsp3) is 0.0714. The van der Waals surface area contributed by atoms with E-state index >= 15 is 0 Å². The normalized spacial score (nSPS) is 11.0. The Morgan fingerprint density at radius 3 is 2.29 bits per heavy atom. The summed E-state index contributed by atoms with van der Waals surface area (Å²) in [7, 11) is 0. The van der Waals surface area contributed by atoms with Gasteiger partial charge in [0.25, 0.3) is 0 Å². The molecule has 2 rings (SSSR count). The second-order valence-corrected chi connectivity index (χ2v) is 4.11. The van der Waals surface area contributed by atoms with Gasteiger partial charge in [0.1, 0.15) is 11.8 Å². The number of benzene rings is 2. The van der Waals surface area contributed by atoms with Gasteiger partial charge in [-0.05, 0) is 30.3 Å². The predicted octanol–water partition coefficient (Wildman–Crippen LogP) is 4.09. The summed E-state index contributed by atoms with van der Waals surface area (Å²) in [5.74, 6) is -1.19. The lowest BCUT2D eigenvalue weighted by molar-refractivity contribution is -0.137. The quantitative estimate of drug-likeness (QED) is 0.670. The molecule has 0 amide bonds. The lowest BCUT2D eigenvalue weighted by Crippen LogP contribution is -2.05. The Balaban J connectivity index is 2.39. The molecule has 0 fully saturated rings. The van der Waals surface area contributed by atoms with Crippen molar-refractivity contribution in [2.75, 3.05) is 5.73 Å². The van der Waals surface area contributed by atoms with Crippen LogP contribution in [0, 0.1) is 17.1 Å². The van der Waals surface area contributed by atoms with Gasteiger partial charge >= 0.3 is 6.18 Å². The highest BCUT2D eigenvalue weighted by Crippen LogP contribution is 2.34. The smallest absolute Gasteiger partial charge is 0.416 e. The number of halogens is 4. The van der Waals surface area contributed by atoms with Crippen molar-refractivity contribution in [1.29, 1.82) is 5.26 Å². The molecule has 0 heterocycles. The maximum atomic E-state index is 13.6. The first-order valence-electron chi connectivity index (χ1n) is 5.65. The van der Waals surface area contributed by atoms with E-state index in [-0.39, 0.29) is 22.7 Å². The number of hydrogen-bond acceptors (Lipinski definition) is 3. The number of nitrogens with zero attached hydrogens (tertiary/aromatic N) is 1. The minimum absolute atomic E-state index is 0.172. The molecule has 0 atom stereocenters. The number of ether oxygens (including phenoxy) is 1. The van der Waals surface area contributed by atoms with Gasteiger partial charge in [-0.3, -0.25) is 0 Å². The SMILES string of the molecule is N#Cc1cc(C(F)(F)F)ccc1Oc1ccc(N)cc1F. The molecule has 0 saturated carbocycles. The second-order valence-electron chi connectivity index (χ2n) is 4.11. The molecule has 2 aromatic carbocycles. The Labute approximate surface area is 117 Å². The summed E-state index contributed by atoms with van der Waals surface area (Å²) in [6.07, 6.45) is -4.57. The van der Waals surface area contributed by atoms with E-state index in [0.717, 1.165) is 18.2 Å². The summed E-state index contributed by atoms with van der Waals surface area (Å²) >= 11 is 0. The van der Waals surface area contributed by atoms with Gasteiger partial charge < -0.3 is 10.5 Å². The Morgan fingerprint density at radius 1 is 1.05 bits per heavy atom. The van der Waals surface area contributed by atoms with Crippen LogP contribution in [0.2, 0.25) is 0 Å². The molecule has 0 unspecified atom stereocenters. The molecular formula is C14H8F4N2O. The molecule has 0 aromatic heterocycles. The van der Waals surface area contributed by atoms with Crippen molar-refractivity contribution in [2.45, 2.75) is 6.18 Å².